The average Bonchev–Trinajstić information content (AvgIpc) is 2.33. The highest BCUT2D eigenvalue weighted by Crippen LogP contribution is 2.28. The molecule has 0 aromatic heterocycles. The van der Waals surface area contributed by atoms with Gasteiger partial charge in [0, 0.05) is 4.47 Å². The molecule has 21 heavy (non-hydrogen) atoms. The first-order valence-corrected chi connectivity index (χ1v) is 7.40. The third-order valence-electron chi connectivity index (χ3n) is 2.93. The maximum atomic E-state index is 12.0. The molecule has 1 aromatic carbocycles. The summed E-state index contributed by atoms with van der Waals surface area (Å²) in [5.41, 5.74) is -1.73. The van der Waals surface area contributed by atoms with E-state index in [0.29, 0.717) is 5.56 Å². The van der Waals surface area contributed by atoms with Crippen LogP contribution in [-0.2, 0) is 15.1 Å². The van der Waals surface area contributed by atoms with Gasteiger partial charge in [0.25, 0.3) is 0 Å². The van der Waals surface area contributed by atoms with E-state index in [1.807, 2.05) is 0 Å². The Balaban J connectivity index is 3.17. The van der Waals surface area contributed by atoms with Crippen molar-refractivity contribution in [2.45, 2.75) is 45.3 Å². The number of alkyl carbamates (subject to hydrolysis) is 1. The van der Waals surface area contributed by atoms with Gasteiger partial charge in [-0.1, -0.05) is 35.0 Å². The molecule has 0 aliphatic heterocycles. The average molecular weight is 358 g/mol. The molecule has 0 fully saturated rings. The number of nitrogens with one attached hydrogen (secondary N) is 1. The number of hydrogen-bond acceptors (Lipinski definition) is 3. The molecule has 0 aliphatic carbocycles. The summed E-state index contributed by atoms with van der Waals surface area (Å²) in [6.45, 7) is 6.87. The van der Waals surface area contributed by atoms with Gasteiger partial charge < -0.3 is 15.2 Å². The Morgan fingerprint density at radius 3 is 2.38 bits per heavy atom. The first-order valence-electron chi connectivity index (χ1n) is 6.61. The second-order valence-electron chi connectivity index (χ2n) is 5.70. The number of rotatable bonds is 4. The van der Waals surface area contributed by atoms with Gasteiger partial charge >= 0.3 is 12.1 Å². The van der Waals surface area contributed by atoms with Crippen molar-refractivity contribution >= 4 is 28.0 Å². The lowest BCUT2D eigenvalue weighted by molar-refractivity contribution is -0.145. The standard InChI is InChI=1S/C15H20BrNO4/c1-5-15(12(18)19,10-7-6-8-11(16)9-10)17-13(20)21-14(2,3)4/h6-9H,5H2,1-4H3,(H,17,20)(H,18,19). The molecule has 0 spiro atoms. The summed E-state index contributed by atoms with van der Waals surface area (Å²) >= 11 is 3.31. The van der Waals surface area contributed by atoms with Crippen LogP contribution in [0.2, 0.25) is 0 Å². The van der Waals surface area contributed by atoms with E-state index in [1.54, 1.807) is 52.0 Å². The zero-order chi connectivity index (χ0) is 16.3. The van der Waals surface area contributed by atoms with Crippen LogP contribution in [-0.4, -0.2) is 22.8 Å². The Bertz CT molecular complexity index is 539. The van der Waals surface area contributed by atoms with Crippen molar-refractivity contribution in [1.82, 2.24) is 5.32 Å². The third-order valence-corrected chi connectivity index (χ3v) is 3.42. The van der Waals surface area contributed by atoms with Gasteiger partial charge in [0.1, 0.15) is 5.60 Å². The molecule has 1 amide bonds. The molecule has 2 N–H and O–H groups in total. The van der Waals surface area contributed by atoms with Crippen LogP contribution in [0.1, 0.15) is 39.7 Å². The molecular formula is C15H20BrNO4. The quantitative estimate of drug-likeness (QED) is 0.861. The number of carboxylic acid groups (broad SMARTS) is 1. The Hall–Kier alpha value is -1.56. The van der Waals surface area contributed by atoms with Crippen LogP contribution in [0.4, 0.5) is 4.79 Å². The Kier molecular flexibility index (Phi) is 5.39. The van der Waals surface area contributed by atoms with Crippen molar-refractivity contribution in [3.05, 3.63) is 34.3 Å². The van der Waals surface area contributed by atoms with Crippen molar-refractivity contribution in [2.75, 3.05) is 0 Å². The zero-order valence-corrected chi connectivity index (χ0v) is 14.2. The molecule has 0 aliphatic rings. The smallest absolute Gasteiger partial charge is 0.408 e. The fraction of sp³-hybridized carbons (Fsp3) is 0.467. The van der Waals surface area contributed by atoms with Crippen molar-refractivity contribution in [3.8, 4) is 0 Å². The monoisotopic (exact) mass is 357 g/mol. The van der Waals surface area contributed by atoms with Crippen LogP contribution in [0, 0.1) is 0 Å². The van der Waals surface area contributed by atoms with Crippen LogP contribution in [0.5, 0.6) is 0 Å². The highest BCUT2D eigenvalue weighted by atomic mass is 79.9. The van der Waals surface area contributed by atoms with Gasteiger partial charge in [-0.05, 0) is 44.9 Å². The number of carbonyl (C=O) groups is 2. The lowest BCUT2D eigenvalue weighted by Gasteiger charge is -2.31. The molecule has 1 unspecified atom stereocenters. The number of hydrogen-bond donors (Lipinski definition) is 2. The number of carbonyl (C=O) groups excluding carboxylic acids is 1. The highest BCUT2D eigenvalue weighted by molar-refractivity contribution is 9.10. The molecule has 0 saturated carbocycles. The number of aliphatic carboxylic acids is 1. The van der Waals surface area contributed by atoms with Gasteiger partial charge in [0.15, 0.2) is 5.54 Å². The minimum absolute atomic E-state index is 0.192. The molecular weight excluding hydrogens is 338 g/mol. The molecule has 1 aromatic rings. The van der Waals surface area contributed by atoms with Gasteiger partial charge in [-0.2, -0.15) is 0 Å². The summed E-state index contributed by atoms with van der Waals surface area (Å²) in [6, 6.07) is 6.86. The summed E-state index contributed by atoms with van der Waals surface area (Å²) in [6.07, 6.45) is -0.565. The van der Waals surface area contributed by atoms with E-state index in [4.69, 9.17) is 4.74 Å². The first-order chi connectivity index (χ1) is 9.60. The normalized spacial score (nSPS) is 14.1. The summed E-state index contributed by atoms with van der Waals surface area (Å²) in [5.74, 6) is -1.13. The topological polar surface area (TPSA) is 75.6 Å². The van der Waals surface area contributed by atoms with Crippen molar-refractivity contribution in [2.24, 2.45) is 0 Å². The van der Waals surface area contributed by atoms with Gasteiger partial charge in [-0.3, -0.25) is 0 Å². The van der Waals surface area contributed by atoms with E-state index in [9.17, 15) is 14.7 Å². The van der Waals surface area contributed by atoms with Crippen LogP contribution >= 0.6 is 15.9 Å². The predicted molar refractivity (Wildman–Crippen MR) is 83.1 cm³/mol. The van der Waals surface area contributed by atoms with Gasteiger partial charge in [-0.15, -0.1) is 0 Å². The number of halogens is 1. The Morgan fingerprint density at radius 2 is 1.95 bits per heavy atom. The molecule has 0 bridgehead atoms. The third kappa shape index (κ3) is 4.46. The molecule has 5 nitrogen and oxygen atoms in total. The molecule has 6 heteroatoms. The summed E-state index contributed by atoms with van der Waals surface area (Å²) in [5, 5.41) is 12.1. The summed E-state index contributed by atoms with van der Waals surface area (Å²) < 4.78 is 5.91. The second-order valence-corrected chi connectivity index (χ2v) is 6.62. The maximum absolute atomic E-state index is 12.0. The predicted octanol–water partition coefficient (Wildman–Crippen LogP) is 3.66. The Labute approximate surface area is 132 Å². The summed E-state index contributed by atoms with van der Waals surface area (Å²) in [7, 11) is 0. The van der Waals surface area contributed by atoms with Crippen molar-refractivity contribution in [1.29, 1.82) is 0 Å². The number of ether oxygens (including phenoxy) is 1. The number of benzene rings is 1. The molecule has 1 rings (SSSR count). The lowest BCUT2D eigenvalue weighted by Crippen LogP contribution is -2.52. The fourth-order valence-corrected chi connectivity index (χ4v) is 2.32. The van der Waals surface area contributed by atoms with E-state index in [-0.39, 0.29) is 6.42 Å². The van der Waals surface area contributed by atoms with Gasteiger partial charge in [0.05, 0.1) is 0 Å². The SMILES string of the molecule is CCC(NC(=O)OC(C)(C)C)(C(=O)O)c1cccc(Br)c1. The summed E-state index contributed by atoms with van der Waals surface area (Å²) in [4.78, 5) is 23.8. The lowest BCUT2D eigenvalue weighted by atomic mass is 9.87. The number of carboxylic acids is 1. The van der Waals surface area contributed by atoms with E-state index in [0.717, 1.165) is 4.47 Å². The maximum Gasteiger partial charge on any atom is 0.408 e. The second kappa shape index (κ2) is 6.47. The van der Waals surface area contributed by atoms with E-state index < -0.39 is 23.2 Å². The molecule has 0 heterocycles. The van der Waals surface area contributed by atoms with Crippen LogP contribution in [0.3, 0.4) is 0 Å². The number of amides is 1. The minimum Gasteiger partial charge on any atom is -0.479 e. The highest BCUT2D eigenvalue weighted by Gasteiger charge is 2.41. The largest absolute Gasteiger partial charge is 0.479 e. The van der Waals surface area contributed by atoms with E-state index >= 15 is 0 Å². The Morgan fingerprint density at radius 1 is 1.33 bits per heavy atom. The molecule has 116 valence electrons. The molecule has 0 saturated heterocycles. The van der Waals surface area contributed by atoms with Crippen LogP contribution in [0.25, 0.3) is 0 Å². The molecule has 0 radical (unpaired) electrons. The van der Waals surface area contributed by atoms with Crippen molar-refractivity contribution < 1.29 is 19.4 Å². The molecule has 1 atom stereocenters. The van der Waals surface area contributed by atoms with Gasteiger partial charge in [-0.25, -0.2) is 9.59 Å². The van der Waals surface area contributed by atoms with Crippen molar-refractivity contribution in [3.63, 3.8) is 0 Å². The fourth-order valence-electron chi connectivity index (χ4n) is 1.92. The minimum atomic E-state index is -1.52. The zero-order valence-electron chi connectivity index (χ0n) is 12.6. The van der Waals surface area contributed by atoms with Crippen LogP contribution in [0.15, 0.2) is 28.7 Å². The van der Waals surface area contributed by atoms with E-state index in [1.165, 1.54) is 0 Å². The van der Waals surface area contributed by atoms with E-state index in [2.05, 4.69) is 21.2 Å². The van der Waals surface area contributed by atoms with Crippen LogP contribution < -0.4 is 5.32 Å². The first kappa shape index (κ1) is 17.5. The van der Waals surface area contributed by atoms with Gasteiger partial charge in [0.2, 0.25) is 0 Å².